The van der Waals surface area contributed by atoms with Gasteiger partial charge in [0.25, 0.3) is 0 Å². The number of halogens is 1. The van der Waals surface area contributed by atoms with Crippen LogP contribution in [0.2, 0.25) is 0 Å². The Labute approximate surface area is 161 Å². The van der Waals surface area contributed by atoms with E-state index in [2.05, 4.69) is 65.5 Å². The zero-order valence-electron chi connectivity index (χ0n) is 17.1. The van der Waals surface area contributed by atoms with E-state index in [9.17, 15) is 5.11 Å². The Morgan fingerprint density at radius 1 is 0.920 bits per heavy atom. The van der Waals surface area contributed by atoms with Crippen LogP contribution in [0.3, 0.4) is 0 Å². The fraction of sp³-hybridized carbons (Fsp3) is 0.714. The van der Waals surface area contributed by atoms with E-state index in [0.29, 0.717) is 25.0 Å². The molecule has 0 aromatic heterocycles. The maximum Gasteiger partial charge on any atom is 0.119 e. The van der Waals surface area contributed by atoms with Crippen molar-refractivity contribution < 1.29 is 9.84 Å². The van der Waals surface area contributed by atoms with Crippen LogP contribution in [0.4, 0.5) is 0 Å². The van der Waals surface area contributed by atoms with Crippen LogP contribution in [-0.2, 0) is 5.41 Å². The normalized spacial score (nSPS) is 13.2. The predicted molar refractivity (Wildman–Crippen MR) is 110 cm³/mol. The molecule has 0 fully saturated rings. The molecule has 0 heterocycles. The van der Waals surface area contributed by atoms with Gasteiger partial charge in [0, 0.05) is 19.6 Å². The number of hydrogen-bond acceptors (Lipinski definition) is 3. The third kappa shape index (κ3) is 10.1. The van der Waals surface area contributed by atoms with Gasteiger partial charge in [0.15, 0.2) is 0 Å². The number of nitrogens with zero attached hydrogens (tertiary/aromatic N) is 1. The summed E-state index contributed by atoms with van der Waals surface area (Å²) in [6, 6.07) is 8.19. The number of hydrogen-bond donors (Lipinski definition) is 1. The number of aliphatic hydroxyl groups excluding tert-OH is 1. The maximum atomic E-state index is 10.3. The second-order valence-corrected chi connectivity index (χ2v) is 8.75. The Kier molecular flexibility index (Phi) is 10.7. The van der Waals surface area contributed by atoms with Gasteiger partial charge in [0.1, 0.15) is 18.5 Å². The minimum atomic E-state index is -0.468. The summed E-state index contributed by atoms with van der Waals surface area (Å²) in [5, 5.41) is 10.3. The first-order valence-corrected chi connectivity index (χ1v) is 9.21. The van der Waals surface area contributed by atoms with Crippen LogP contribution in [0.25, 0.3) is 0 Å². The maximum absolute atomic E-state index is 10.3. The number of rotatable bonds is 9. The average molecular weight is 372 g/mol. The average Bonchev–Trinajstić information content (AvgIpc) is 2.43. The summed E-state index contributed by atoms with van der Waals surface area (Å²) in [6.45, 7) is 18.5. The zero-order valence-corrected chi connectivity index (χ0v) is 17.9. The van der Waals surface area contributed by atoms with Crippen molar-refractivity contribution in [2.45, 2.75) is 60.0 Å². The van der Waals surface area contributed by atoms with Gasteiger partial charge in [0.05, 0.1) is 0 Å². The first-order chi connectivity index (χ1) is 11.1. The molecule has 146 valence electrons. The molecule has 4 heteroatoms. The standard InChI is InChI=1S/C21H37NO2.ClH/c1-16(2)12-22(13-17(3)4)14-19(23)15-24-20-10-8-18(9-11-20)21(5,6)7;/h8-11,16-17,19,23H,12-15H2,1-7H3;1H. The van der Waals surface area contributed by atoms with Crippen molar-refractivity contribution in [2.24, 2.45) is 11.8 Å². The largest absolute Gasteiger partial charge is 0.491 e. The molecule has 0 amide bonds. The summed E-state index contributed by atoms with van der Waals surface area (Å²) < 4.78 is 5.77. The molecule has 1 atom stereocenters. The zero-order chi connectivity index (χ0) is 18.3. The second kappa shape index (κ2) is 11.1. The molecule has 0 spiro atoms. The molecule has 0 saturated carbocycles. The highest BCUT2D eigenvalue weighted by atomic mass is 35.5. The molecule has 0 bridgehead atoms. The Balaban J connectivity index is 0.00000576. The summed E-state index contributed by atoms with van der Waals surface area (Å²) in [6.07, 6.45) is -0.468. The van der Waals surface area contributed by atoms with Crippen molar-refractivity contribution >= 4 is 12.4 Å². The highest BCUT2D eigenvalue weighted by Gasteiger charge is 2.16. The van der Waals surface area contributed by atoms with Gasteiger partial charge in [-0.05, 0) is 34.9 Å². The molecule has 1 unspecified atom stereocenters. The van der Waals surface area contributed by atoms with E-state index >= 15 is 0 Å². The predicted octanol–water partition coefficient (Wildman–Crippen LogP) is 4.76. The van der Waals surface area contributed by atoms with Gasteiger partial charge in [-0.15, -0.1) is 12.4 Å². The van der Waals surface area contributed by atoms with E-state index < -0.39 is 6.10 Å². The van der Waals surface area contributed by atoms with E-state index in [4.69, 9.17) is 4.74 Å². The first kappa shape index (κ1) is 24.2. The van der Waals surface area contributed by atoms with Gasteiger partial charge in [-0.3, -0.25) is 0 Å². The van der Waals surface area contributed by atoms with Crippen LogP contribution in [0.5, 0.6) is 5.75 Å². The van der Waals surface area contributed by atoms with Gasteiger partial charge in [-0.2, -0.15) is 0 Å². The van der Waals surface area contributed by atoms with Crippen LogP contribution in [-0.4, -0.2) is 42.4 Å². The third-order valence-electron chi connectivity index (χ3n) is 3.88. The summed E-state index contributed by atoms with van der Waals surface area (Å²) in [4.78, 5) is 2.34. The van der Waals surface area contributed by atoms with Gasteiger partial charge >= 0.3 is 0 Å². The van der Waals surface area contributed by atoms with Gasteiger partial charge < -0.3 is 14.7 Å². The van der Waals surface area contributed by atoms with Crippen LogP contribution in [0.15, 0.2) is 24.3 Å². The molecule has 3 nitrogen and oxygen atoms in total. The molecular weight excluding hydrogens is 334 g/mol. The quantitative estimate of drug-likeness (QED) is 0.679. The fourth-order valence-corrected chi connectivity index (χ4v) is 2.85. The Bertz CT molecular complexity index is 456. The van der Waals surface area contributed by atoms with E-state index in [1.54, 1.807) is 0 Å². The van der Waals surface area contributed by atoms with Crippen LogP contribution < -0.4 is 4.74 Å². The van der Waals surface area contributed by atoms with Crippen LogP contribution in [0.1, 0.15) is 54.0 Å². The monoisotopic (exact) mass is 371 g/mol. The lowest BCUT2D eigenvalue weighted by Gasteiger charge is -2.28. The Hall–Kier alpha value is -0.770. The lowest BCUT2D eigenvalue weighted by atomic mass is 9.87. The summed E-state index contributed by atoms with van der Waals surface area (Å²) in [7, 11) is 0. The van der Waals surface area contributed by atoms with E-state index in [1.807, 2.05) is 12.1 Å². The van der Waals surface area contributed by atoms with Crippen molar-refractivity contribution in [3.05, 3.63) is 29.8 Å². The molecule has 0 aliphatic rings. The smallest absolute Gasteiger partial charge is 0.119 e. The SMILES string of the molecule is CC(C)CN(CC(C)C)CC(O)COc1ccc(C(C)(C)C)cc1.Cl. The fourth-order valence-electron chi connectivity index (χ4n) is 2.85. The van der Waals surface area contributed by atoms with Crippen molar-refractivity contribution in [2.75, 3.05) is 26.2 Å². The minimum absolute atomic E-state index is 0. The van der Waals surface area contributed by atoms with Crippen LogP contribution in [0, 0.1) is 11.8 Å². The van der Waals surface area contributed by atoms with E-state index in [-0.39, 0.29) is 17.8 Å². The van der Waals surface area contributed by atoms with E-state index in [1.165, 1.54) is 5.56 Å². The molecule has 1 aromatic rings. The van der Waals surface area contributed by atoms with E-state index in [0.717, 1.165) is 18.8 Å². The topological polar surface area (TPSA) is 32.7 Å². The molecular formula is C21H38ClNO2. The highest BCUT2D eigenvalue weighted by molar-refractivity contribution is 5.85. The molecule has 0 aliphatic carbocycles. The number of aliphatic hydroxyl groups is 1. The summed E-state index contributed by atoms with van der Waals surface area (Å²) >= 11 is 0. The van der Waals surface area contributed by atoms with Crippen LogP contribution >= 0.6 is 12.4 Å². The van der Waals surface area contributed by atoms with Crippen molar-refractivity contribution in [3.8, 4) is 5.75 Å². The molecule has 1 N–H and O–H groups in total. The Morgan fingerprint density at radius 3 is 1.80 bits per heavy atom. The molecule has 25 heavy (non-hydrogen) atoms. The van der Waals surface area contributed by atoms with Crippen molar-refractivity contribution in [3.63, 3.8) is 0 Å². The number of ether oxygens (including phenoxy) is 1. The summed E-state index contributed by atoms with van der Waals surface area (Å²) in [5.74, 6) is 2.02. The Morgan fingerprint density at radius 2 is 1.40 bits per heavy atom. The van der Waals surface area contributed by atoms with Gasteiger partial charge in [-0.25, -0.2) is 0 Å². The number of benzene rings is 1. The molecule has 0 radical (unpaired) electrons. The van der Waals surface area contributed by atoms with Crippen molar-refractivity contribution in [1.82, 2.24) is 4.90 Å². The summed E-state index contributed by atoms with van der Waals surface area (Å²) in [5.41, 5.74) is 1.43. The highest BCUT2D eigenvalue weighted by Crippen LogP contribution is 2.24. The van der Waals surface area contributed by atoms with Gasteiger partial charge in [-0.1, -0.05) is 60.6 Å². The minimum Gasteiger partial charge on any atom is -0.491 e. The molecule has 1 aromatic carbocycles. The molecule has 0 aliphatic heterocycles. The molecule has 0 saturated heterocycles. The second-order valence-electron chi connectivity index (χ2n) is 8.75. The lowest BCUT2D eigenvalue weighted by molar-refractivity contribution is 0.0601. The van der Waals surface area contributed by atoms with Crippen molar-refractivity contribution in [1.29, 1.82) is 0 Å². The first-order valence-electron chi connectivity index (χ1n) is 9.21. The van der Waals surface area contributed by atoms with Gasteiger partial charge in [0.2, 0.25) is 0 Å². The third-order valence-corrected chi connectivity index (χ3v) is 3.88. The lowest BCUT2D eigenvalue weighted by Crippen LogP contribution is -2.39. The molecule has 1 rings (SSSR count).